The van der Waals surface area contributed by atoms with Gasteiger partial charge in [-0.15, -0.1) is 0 Å². The maximum atomic E-state index is 13.7. The van der Waals surface area contributed by atoms with E-state index in [9.17, 15) is 18.0 Å². The molecule has 4 nitrogen and oxygen atoms in total. The van der Waals surface area contributed by atoms with Gasteiger partial charge >= 0.3 is 6.61 Å². The van der Waals surface area contributed by atoms with Crippen molar-refractivity contribution in [2.24, 2.45) is 0 Å². The fraction of sp³-hybridized carbons (Fsp3) is 0.235. The van der Waals surface area contributed by atoms with Crippen molar-refractivity contribution in [3.63, 3.8) is 0 Å². The summed E-state index contributed by atoms with van der Waals surface area (Å²) in [6.45, 7) is -1.36. The molecule has 128 valence electrons. The van der Waals surface area contributed by atoms with Gasteiger partial charge < -0.3 is 14.8 Å². The van der Waals surface area contributed by atoms with Gasteiger partial charge in [-0.25, -0.2) is 4.39 Å². The average molecular weight is 339 g/mol. The zero-order chi connectivity index (χ0) is 17.7. The normalized spacial score (nSPS) is 11.9. The van der Waals surface area contributed by atoms with Crippen LogP contribution in [-0.4, -0.2) is 19.6 Å². The Hall–Kier alpha value is -2.70. The first kappa shape index (κ1) is 17.7. The molecule has 24 heavy (non-hydrogen) atoms. The van der Waals surface area contributed by atoms with Crippen molar-refractivity contribution in [3.8, 4) is 11.5 Å². The maximum Gasteiger partial charge on any atom is 0.387 e. The number of rotatable bonds is 6. The SMILES string of the molecule is COc1cc(C(=O)N[C@@H](C)c2ccccc2F)ccc1OC(F)F. The highest BCUT2D eigenvalue weighted by Gasteiger charge is 2.17. The second-order valence-electron chi connectivity index (χ2n) is 4.96. The van der Waals surface area contributed by atoms with Gasteiger partial charge in [0.15, 0.2) is 11.5 Å². The minimum absolute atomic E-state index is 0.00138. The zero-order valence-electron chi connectivity index (χ0n) is 13.1. The van der Waals surface area contributed by atoms with Gasteiger partial charge in [-0.3, -0.25) is 4.79 Å². The Kier molecular flexibility index (Phi) is 5.68. The monoisotopic (exact) mass is 339 g/mol. The molecule has 0 fully saturated rings. The van der Waals surface area contributed by atoms with Crippen LogP contribution in [0.15, 0.2) is 42.5 Å². The van der Waals surface area contributed by atoms with Crippen molar-refractivity contribution >= 4 is 5.91 Å². The van der Waals surface area contributed by atoms with E-state index in [4.69, 9.17) is 4.74 Å². The number of nitrogens with one attached hydrogen (secondary N) is 1. The van der Waals surface area contributed by atoms with Gasteiger partial charge in [-0.05, 0) is 31.2 Å². The summed E-state index contributed by atoms with van der Waals surface area (Å²) in [4.78, 5) is 12.3. The molecule has 0 aliphatic carbocycles. The molecule has 0 bridgehead atoms. The lowest BCUT2D eigenvalue weighted by atomic mass is 10.1. The Morgan fingerprint density at radius 3 is 2.46 bits per heavy atom. The van der Waals surface area contributed by atoms with Crippen LogP contribution in [-0.2, 0) is 0 Å². The number of methoxy groups -OCH3 is 1. The molecule has 0 unspecified atom stereocenters. The Morgan fingerprint density at radius 2 is 1.83 bits per heavy atom. The summed E-state index contributed by atoms with van der Waals surface area (Å²) in [6, 6.07) is 9.35. The van der Waals surface area contributed by atoms with E-state index in [0.717, 1.165) is 0 Å². The fourth-order valence-corrected chi connectivity index (χ4v) is 2.19. The molecule has 0 spiro atoms. The molecule has 0 aromatic heterocycles. The number of carbonyl (C=O) groups is 1. The molecule has 0 heterocycles. The minimum Gasteiger partial charge on any atom is -0.493 e. The standard InChI is InChI=1S/C17H16F3NO3/c1-10(12-5-3-4-6-13(12)18)21-16(22)11-7-8-14(24-17(19)20)15(9-11)23-2/h3-10,17H,1-2H3,(H,21,22)/t10-/m0/s1. The van der Waals surface area contributed by atoms with Crippen molar-refractivity contribution in [1.29, 1.82) is 0 Å². The summed E-state index contributed by atoms with van der Waals surface area (Å²) in [6.07, 6.45) is 0. The molecule has 0 radical (unpaired) electrons. The second kappa shape index (κ2) is 7.72. The number of carbonyl (C=O) groups excluding carboxylic acids is 1. The number of amides is 1. The van der Waals surface area contributed by atoms with Crippen LogP contribution < -0.4 is 14.8 Å². The molecule has 0 saturated carbocycles. The van der Waals surface area contributed by atoms with Crippen molar-refractivity contribution < 1.29 is 27.4 Å². The number of halogens is 3. The summed E-state index contributed by atoms with van der Waals surface area (Å²) in [5, 5.41) is 2.64. The van der Waals surface area contributed by atoms with Gasteiger partial charge in [0.2, 0.25) is 0 Å². The molecule has 2 aromatic rings. The quantitative estimate of drug-likeness (QED) is 0.867. The fourth-order valence-electron chi connectivity index (χ4n) is 2.19. The first-order valence-corrected chi connectivity index (χ1v) is 7.10. The van der Waals surface area contributed by atoms with Crippen LogP contribution in [0.1, 0.15) is 28.9 Å². The van der Waals surface area contributed by atoms with E-state index < -0.39 is 24.4 Å². The largest absolute Gasteiger partial charge is 0.493 e. The number of benzene rings is 2. The topological polar surface area (TPSA) is 47.6 Å². The first-order chi connectivity index (χ1) is 11.4. The molecule has 2 rings (SSSR count). The van der Waals surface area contributed by atoms with Crippen molar-refractivity contribution in [1.82, 2.24) is 5.32 Å². The smallest absolute Gasteiger partial charge is 0.387 e. The zero-order valence-corrected chi connectivity index (χ0v) is 13.1. The van der Waals surface area contributed by atoms with Crippen molar-refractivity contribution in [2.45, 2.75) is 19.6 Å². The molecular weight excluding hydrogens is 323 g/mol. The third kappa shape index (κ3) is 4.18. The van der Waals surface area contributed by atoms with E-state index in [0.29, 0.717) is 5.56 Å². The van der Waals surface area contributed by atoms with Gasteiger partial charge in [0, 0.05) is 11.1 Å². The highest BCUT2D eigenvalue weighted by atomic mass is 19.3. The third-order valence-corrected chi connectivity index (χ3v) is 3.36. The first-order valence-electron chi connectivity index (χ1n) is 7.10. The Bertz CT molecular complexity index is 722. The summed E-state index contributed by atoms with van der Waals surface area (Å²) >= 11 is 0. The summed E-state index contributed by atoms with van der Waals surface area (Å²) in [5.74, 6) is -1.09. The number of hydrogen-bond donors (Lipinski definition) is 1. The highest BCUT2D eigenvalue weighted by Crippen LogP contribution is 2.29. The molecular formula is C17H16F3NO3. The van der Waals surface area contributed by atoms with Crippen LogP contribution >= 0.6 is 0 Å². The van der Waals surface area contributed by atoms with Crippen LogP contribution in [0.4, 0.5) is 13.2 Å². The van der Waals surface area contributed by atoms with Crippen molar-refractivity contribution in [3.05, 3.63) is 59.4 Å². The molecule has 2 aromatic carbocycles. The second-order valence-corrected chi connectivity index (χ2v) is 4.96. The lowest BCUT2D eigenvalue weighted by molar-refractivity contribution is -0.0512. The minimum atomic E-state index is -3.00. The predicted molar refractivity (Wildman–Crippen MR) is 81.9 cm³/mol. The van der Waals surface area contributed by atoms with E-state index in [1.807, 2.05) is 0 Å². The molecule has 7 heteroatoms. The lowest BCUT2D eigenvalue weighted by Gasteiger charge is -2.16. The van der Waals surface area contributed by atoms with E-state index in [1.165, 1.54) is 31.4 Å². The van der Waals surface area contributed by atoms with Crippen LogP contribution in [0.25, 0.3) is 0 Å². The summed E-state index contributed by atoms with van der Waals surface area (Å²) in [7, 11) is 1.28. The highest BCUT2D eigenvalue weighted by molar-refractivity contribution is 5.95. The van der Waals surface area contributed by atoms with Crippen LogP contribution in [0.5, 0.6) is 11.5 Å². The molecule has 0 aliphatic heterocycles. The van der Waals surface area contributed by atoms with Gasteiger partial charge in [0.1, 0.15) is 5.82 Å². The number of alkyl halides is 2. The molecule has 1 amide bonds. The number of hydrogen-bond acceptors (Lipinski definition) is 3. The van der Waals surface area contributed by atoms with E-state index >= 15 is 0 Å². The van der Waals surface area contributed by atoms with E-state index in [1.54, 1.807) is 25.1 Å². The Balaban J connectivity index is 2.16. The van der Waals surface area contributed by atoms with E-state index in [2.05, 4.69) is 10.1 Å². The molecule has 1 N–H and O–H groups in total. The Labute approximate surface area is 137 Å². The average Bonchev–Trinajstić information content (AvgIpc) is 2.54. The van der Waals surface area contributed by atoms with Crippen molar-refractivity contribution in [2.75, 3.05) is 7.11 Å². The van der Waals surface area contributed by atoms with Crippen LogP contribution in [0, 0.1) is 5.82 Å². The summed E-state index contributed by atoms with van der Waals surface area (Å²) in [5.41, 5.74) is 0.520. The van der Waals surface area contributed by atoms with Crippen LogP contribution in [0.3, 0.4) is 0 Å². The maximum absolute atomic E-state index is 13.7. The van der Waals surface area contributed by atoms with Crippen LogP contribution in [0.2, 0.25) is 0 Å². The van der Waals surface area contributed by atoms with E-state index in [-0.39, 0.29) is 17.1 Å². The molecule has 0 saturated heterocycles. The van der Waals surface area contributed by atoms with Gasteiger partial charge in [-0.1, -0.05) is 18.2 Å². The van der Waals surface area contributed by atoms with Gasteiger partial charge in [-0.2, -0.15) is 8.78 Å². The number of ether oxygens (including phenoxy) is 2. The summed E-state index contributed by atoms with van der Waals surface area (Å²) < 4.78 is 47.6. The lowest BCUT2D eigenvalue weighted by Crippen LogP contribution is -2.27. The third-order valence-electron chi connectivity index (χ3n) is 3.36. The molecule has 1 atom stereocenters. The van der Waals surface area contributed by atoms with Gasteiger partial charge in [0.25, 0.3) is 5.91 Å². The molecule has 0 aliphatic rings. The predicted octanol–water partition coefficient (Wildman–Crippen LogP) is 3.93. The van der Waals surface area contributed by atoms with Gasteiger partial charge in [0.05, 0.1) is 13.2 Å². The Morgan fingerprint density at radius 1 is 1.12 bits per heavy atom.